The van der Waals surface area contributed by atoms with Crippen LogP contribution in [0.1, 0.15) is 10.4 Å². The number of fused-ring (bicyclic) bond motifs is 1. The van der Waals surface area contributed by atoms with Crippen LogP contribution in [0.2, 0.25) is 0 Å². The molecule has 0 N–H and O–H groups in total. The van der Waals surface area contributed by atoms with Crippen LogP contribution in [-0.4, -0.2) is 16.5 Å². The van der Waals surface area contributed by atoms with Gasteiger partial charge in [0.25, 0.3) is 0 Å². The van der Waals surface area contributed by atoms with Gasteiger partial charge < -0.3 is 0 Å². The van der Waals surface area contributed by atoms with Gasteiger partial charge in [0, 0.05) is 26.5 Å². The van der Waals surface area contributed by atoms with Gasteiger partial charge in [-0.1, -0.05) is 34.1 Å². The molecular weight excluding hydrogens is 346 g/mol. The van der Waals surface area contributed by atoms with Gasteiger partial charge in [-0.15, -0.1) is 11.8 Å². The van der Waals surface area contributed by atoms with Gasteiger partial charge in [0.1, 0.15) is 0 Å². The first-order chi connectivity index (χ1) is 10.2. The molecule has 0 fully saturated rings. The van der Waals surface area contributed by atoms with Crippen LogP contribution in [-0.2, 0) is 0 Å². The molecule has 0 spiro atoms. The summed E-state index contributed by atoms with van der Waals surface area (Å²) < 4.78 is 1.04. The van der Waals surface area contributed by atoms with Gasteiger partial charge >= 0.3 is 0 Å². The second-order valence-electron chi connectivity index (χ2n) is 4.58. The fourth-order valence-electron chi connectivity index (χ4n) is 1.99. The van der Waals surface area contributed by atoms with E-state index in [1.165, 1.54) is 11.8 Å². The smallest absolute Gasteiger partial charge is 0.174 e. The average Bonchev–Trinajstić information content (AvgIpc) is 2.53. The maximum atomic E-state index is 12.3. The highest BCUT2D eigenvalue weighted by Gasteiger charge is 2.08. The molecule has 1 aromatic heterocycles. The zero-order valence-corrected chi connectivity index (χ0v) is 13.5. The molecule has 0 unspecified atom stereocenters. The molecule has 0 aliphatic rings. The standard InChI is InChI=1S/C17H12BrNOS/c18-14-5-7-15(8-6-14)21-11-17(20)13-9-12-3-1-2-4-16(12)19-10-13/h1-10H,11H2. The lowest BCUT2D eigenvalue weighted by Crippen LogP contribution is -2.03. The molecule has 3 rings (SSSR count). The Hall–Kier alpha value is -1.65. The number of hydrogen-bond acceptors (Lipinski definition) is 3. The molecule has 0 amide bonds. The lowest BCUT2D eigenvalue weighted by atomic mass is 10.1. The Morgan fingerprint density at radius 2 is 1.86 bits per heavy atom. The average molecular weight is 358 g/mol. The molecule has 3 aromatic rings. The Morgan fingerprint density at radius 1 is 1.10 bits per heavy atom. The number of aromatic nitrogens is 1. The van der Waals surface area contributed by atoms with Crippen molar-refractivity contribution in [3.63, 3.8) is 0 Å². The zero-order chi connectivity index (χ0) is 14.7. The van der Waals surface area contributed by atoms with E-state index in [0.29, 0.717) is 11.3 Å². The first-order valence-electron chi connectivity index (χ1n) is 6.49. The fraction of sp³-hybridized carbons (Fsp3) is 0.0588. The maximum Gasteiger partial charge on any atom is 0.174 e. The second kappa shape index (κ2) is 6.41. The van der Waals surface area contributed by atoms with Gasteiger partial charge in [-0.3, -0.25) is 9.78 Å². The van der Waals surface area contributed by atoms with E-state index in [1.54, 1.807) is 6.20 Å². The molecule has 0 aliphatic carbocycles. The molecule has 0 radical (unpaired) electrons. The molecule has 21 heavy (non-hydrogen) atoms. The van der Waals surface area contributed by atoms with E-state index in [0.717, 1.165) is 20.3 Å². The minimum atomic E-state index is 0.0983. The molecule has 0 atom stereocenters. The van der Waals surface area contributed by atoms with Gasteiger partial charge in [-0.2, -0.15) is 0 Å². The minimum Gasteiger partial charge on any atom is -0.293 e. The van der Waals surface area contributed by atoms with Crippen LogP contribution in [0.4, 0.5) is 0 Å². The molecule has 104 valence electrons. The number of nitrogens with zero attached hydrogens (tertiary/aromatic N) is 1. The first kappa shape index (κ1) is 14.3. The molecule has 0 saturated carbocycles. The van der Waals surface area contributed by atoms with E-state index < -0.39 is 0 Å². The number of pyridine rings is 1. The molecule has 1 heterocycles. The molecule has 0 bridgehead atoms. The lowest BCUT2D eigenvalue weighted by molar-refractivity contribution is 0.102. The summed E-state index contributed by atoms with van der Waals surface area (Å²) in [6.45, 7) is 0. The summed E-state index contributed by atoms with van der Waals surface area (Å²) in [7, 11) is 0. The highest BCUT2D eigenvalue weighted by atomic mass is 79.9. The van der Waals surface area contributed by atoms with Crippen molar-refractivity contribution in [1.29, 1.82) is 0 Å². The predicted octanol–water partition coefficient (Wildman–Crippen LogP) is 4.97. The van der Waals surface area contributed by atoms with E-state index >= 15 is 0 Å². The zero-order valence-electron chi connectivity index (χ0n) is 11.1. The van der Waals surface area contributed by atoms with Gasteiger partial charge in [-0.25, -0.2) is 0 Å². The van der Waals surface area contributed by atoms with Crippen molar-refractivity contribution in [3.8, 4) is 0 Å². The quantitative estimate of drug-likeness (QED) is 0.487. The number of benzene rings is 2. The van der Waals surface area contributed by atoms with Crippen molar-refractivity contribution >= 4 is 44.4 Å². The van der Waals surface area contributed by atoms with Gasteiger partial charge in [0.05, 0.1) is 11.3 Å². The Labute approximate surface area is 135 Å². The Balaban J connectivity index is 1.73. The Bertz CT molecular complexity index is 786. The first-order valence-corrected chi connectivity index (χ1v) is 8.26. The second-order valence-corrected chi connectivity index (χ2v) is 6.55. The lowest BCUT2D eigenvalue weighted by Gasteiger charge is -2.03. The summed E-state index contributed by atoms with van der Waals surface area (Å²) in [4.78, 5) is 17.7. The van der Waals surface area contributed by atoms with Crippen molar-refractivity contribution in [2.75, 3.05) is 5.75 Å². The molecule has 4 heteroatoms. The third-order valence-corrected chi connectivity index (χ3v) is 4.64. The number of para-hydroxylation sites is 1. The molecule has 0 saturated heterocycles. The maximum absolute atomic E-state index is 12.3. The van der Waals surface area contributed by atoms with E-state index in [-0.39, 0.29) is 5.78 Å². The number of halogens is 1. The number of hydrogen-bond donors (Lipinski definition) is 0. The van der Waals surface area contributed by atoms with Crippen molar-refractivity contribution < 1.29 is 4.79 Å². The van der Waals surface area contributed by atoms with Crippen LogP contribution in [0.25, 0.3) is 10.9 Å². The largest absolute Gasteiger partial charge is 0.293 e. The summed E-state index contributed by atoms with van der Waals surface area (Å²) in [6.07, 6.45) is 1.66. The normalized spacial score (nSPS) is 10.7. The number of Topliss-reactive ketones (excluding diaryl/α,β-unsaturated/α-hetero) is 1. The molecular formula is C17H12BrNOS. The number of thioether (sulfide) groups is 1. The van der Waals surface area contributed by atoms with Crippen molar-refractivity contribution in [2.45, 2.75) is 4.90 Å². The van der Waals surface area contributed by atoms with Crippen molar-refractivity contribution in [2.24, 2.45) is 0 Å². The monoisotopic (exact) mass is 357 g/mol. The Kier molecular flexibility index (Phi) is 4.36. The van der Waals surface area contributed by atoms with Crippen LogP contribution in [0.15, 0.2) is 70.2 Å². The predicted molar refractivity (Wildman–Crippen MR) is 90.9 cm³/mol. The molecule has 2 nitrogen and oxygen atoms in total. The molecule has 0 aliphatic heterocycles. The summed E-state index contributed by atoms with van der Waals surface area (Å²) in [6, 6.07) is 17.7. The van der Waals surface area contributed by atoms with Crippen LogP contribution in [0.5, 0.6) is 0 Å². The summed E-state index contributed by atoms with van der Waals surface area (Å²) >= 11 is 4.94. The third kappa shape index (κ3) is 3.52. The van der Waals surface area contributed by atoms with Crippen LogP contribution in [0.3, 0.4) is 0 Å². The van der Waals surface area contributed by atoms with Gasteiger partial charge in [0.2, 0.25) is 0 Å². The summed E-state index contributed by atoms with van der Waals surface area (Å²) in [5, 5.41) is 0.997. The number of rotatable bonds is 4. The number of carbonyl (C=O) groups is 1. The molecule has 2 aromatic carbocycles. The highest BCUT2D eigenvalue weighted by molar-refractivity contribution is 9.10. The van der Waals surface area contributed by atoms with Gasteiger partial charge in [-0.05, 0) is 36.4 Å². The third-order valence-electron chi connectivity index (χ3n) is 3.10. The SMILES string of the molecule is O=C(CSc1ccc(Br)cc1)c1cnc2ccccc2c1. The number of ketones is 1. The number of carbonyl (C=O) groups excluding carboxylic acids is 1. The fourth-order valence-corrected chi connectivity index (χ4v) is 3.04. The van der Waals surface area contributed by atoms with E-state index in [2.05, 4.69) is 20.9 Å². The minimum absolute atomic E-state index is 0.0983. The van der Waals surface area contributed by atoms with E-state index in [4.69, 9.17) is 0 Å². The van der Waals surface area contributed by atoms with Gasteiger partial charge in [0.15, 0.2) is 5.78 Å². The van der Waals surface area contributed by atoms with Crippen LogP contribution < -0.4 is 0 Å². The van der Waals surface area contributed by atoms with E-state index in [9.17, 15) is 4.79 Å². The Morgan fingerprint density at radius 3 is 2.67 bits per heavy atom. The van der Waals surface area contributed by atoms with Crippen molar-refractivity contribution in [3.05, 3.63) is 70.8 Å². The van der Waals surface area contributed by atoms with Crippen LogP contribution >= 0.6 is 27.7 Å². The highest BCUT2D eigenvalue weighted by Crippen LogP contribution is 2.22. The summed E-state index contributed by atoms with van der Waals surface area (Å²) in [5.41, 5.74) is 1.58. The van der Waals surface area contributed by atoms with Crippen LogP contribution in [0, 0.1) is 0 Å². The summed E-state index contributed by atoms with van der Waals surface area (Å²) in [5.74, 6) is 0.517. The van der Waals surface area contributed by atoms with Crippen molar-refractivity contribution in [1.82, 2.24) is 4.98 Å². The van der Waals surface area contributed by atoms with E-state index in [1.807, 2.05) is 54.6 Å². The topological polar surface area (TPSA) is 30.0 Å².